The summed E-state index contributed by atoms with van der Waals surface area (Å²) in [4.78, 5) is 0.158. The summed E-state index contributed by atoms with van der Waals surface area (Å²) < 4.78 is 28.1. The molecule has 0 aromatic heterocycles. The highest BCUT2D eigenvalue weighted by molar-refractivity contribution is 7.89. The van der Waals surface area contributed by atoms with Gasteiger partial charge in [-0.1, -0.05) is 12.1 Å². The fourth-order valence-electron chi connectivity index (χ4n) is 2.67. The van der Waals surface area contributed by atoms with Crippen LogP contribution >= 0.6 is 0 Å². The average Bonchev–Trinajstić information content (AvgIpc) is 2.37. The molecule has 1 aliphatic rings. The van der Waals surface area contributed by atoms with Gasteiger partial charge < -0.3 is 10.1 Å². The largest absolute Gasteiger partial charge is 0.375 e. The van der Waals surface area contributed by atoms with Crippen LogP contribution in [0.3, 0.4) is 0 Å². The van der Waals surface area contributed by atoms with Crippen LogP contribution in [0.1, 0.15) is 32.3 Å². The number of hydrogen-bond acceptors (Lipinski definition) is 4. The number of rotatable bonds is 5. The molecule has 6 heteroatoms. The van der Waals surface area contributed by atoms with Crippen molar-refractivity contribution < 1.29 is 13.2 Å². The monoisotopic (exact) mass is 312 g/mol. The van der Waals surface area contributed by atoms with Gasteiger partial charge in [0.15, 0.2) is 0 Å². The molecule has 118 valence electrons. The Morgan fingerprint density at radius 2 is 2.00 bits per heavy atom. The Morgan fingerprint density at radius 3 is 2.57 bits per heavy atom. The molecule has 1 atom stereocenters. The molecule has 5 nitrogen and oxygen atoms in total. The maximum absolute atomic E-state index is 11.2. The van der Waals surface area contributed by atoms with E-state index in [0.717, 1.165) is 38.0 Å². The van der Waals surface area contributed by atoms with E-state index in [9.17, 15) is 8.42 Å². The van der Waals surface area contributed by atoms with Crippen molar-refractivity contribution in [2.75, 3.05) is 13.2 Å². The van der Waals surface area contributed by atoms with E-state index in [1.807, 2.05) is 12.1 Å². The number of nitrogens with one attached hydrogen (secondary N) is 1. The molecule has 1 aromatic carbocycles. The zero-order chi connectivity index (χ0) is 15.5. The van der Waals surface area contributed by atoms with Gasteiger partial charge in [-0.2, -0.15) is 0 Å². The topological polar surface area (TPSA) is 81.4 Å². The first-order valence-corrected chi connectivity index (χ1v) is 8.80. The molecular weight excluding hydrogens is 288 g/mol. The highest BCUT2D eigenvalue weighted by Gasteiger charge is 2.28. The minimum atomic E-state index is -3.60. The van der Waals surface area contributed by atoms with Crippen molar-refractivity contribution in [2.45, 2.75) is 49.6 Å². The Hall–Kier alpha value is -0.950. The van der Waals surface area contributed by atoms with E-state index in [4.69, 9.17) is 9.88 Å². The van der Waals surface area contributed by atoms with Crippen molar-refractivity contribution in [2.24, 2.45) is 5.14 Å². The lowest BCUT2D eigenvalue weighted by Gasteiger charge is -2.36. The first-order valence-electron chi connectivity index (χ1n) is 7.25. The molecule has 21 heavy (non-hydrogen) atoms. The summed E-state index contributed by atoms with van der Waals surface area (Å²) in [6.45, 7) is 5.91. The number of hydrogen-bond donors (Lipinski definition) is 2. The van der Waals surface area contributed by atoms with Crippen molar-refractivity contribution >= 4 is 10.0 Å². The second kappa shape index (κ2) is 6.44. The van der Waals surface area contributed by atoms with Crippen LogP contribution in [0, 0.1) is 0 Å². The first kappa shape index (κ1) is 16.4. The molecule has 0 spiro atoms. The van der Waals surface area contributed by atoms with Gasteiger partial charge in [0.2, 0.25) is 10.0 Å². The molecule has 0 bridgehead atoms. The summed E-state index contributed by atoms with van der Waals surface area (Å²) in [6, 6.07) is 7.23. The van der Waals surface area contributed by atoms with Gasteiger partial charge in [-0.05, 0) is 57.4 Å². The van der Waals surface area contributed by atoms with Gasteiger partial charge in [0.05, 0.1) is 10.5 Å². The summed E-state index contributed by atoms with van der Waals surface area (Å²) in [5.41, 5.74) is 1.05. The third-order valence-electron chi connectivity index (χ3n) is 3.80. The Balaban J connectivity index is 1.81. The lowest BCUT2D eigenvalue weighted by molar-refractivity contribution is -0.0627. The Morgan fingerprint density at radius 1 is 1.33 bits per heavy atom. The van der Waals surface area contributed by atoms with Crippen LogP contribution in [0.25, 0.3) is 0 Å². The van der Waals surface area contributed by atoms with Crippen LogP contribution in [0.4, 0.5) is 0 Å². The molecule has 1 aliphatic heterocycles. The van der Waals surface area contributed by atoms with Crippen molar-refractivity contribution in [3.05, 3.63) is 29.8 Å². The second-order valence-corrected chi connectivity index (χ2v) is 7.75. The standard InChI is InChI=1S/C15H24N2O3S/c1-15(2)11-13(8-10-20-15)17-9-7-12-3-5-14(6-4-12)21(16,18)19/h3-6,13,17H,7-11H2,1-2H3,(H2,16,18,19). The smallest absolute Gasteiger partial charge is 0.238 e. The molecular formula is C15H24N2O3S. The summed E-state index contributed by atoms with van der Waals surface area (Å²) >= 11 is 0. The van der Waals surface area contributed by atoms with Crippen LogP contribution in [0.15, 0.2) is 29.2 Å². The fourth-order valence-corrected chi connectivity index (χ4v) is 3.19. The third-order valence-corrected chi connectivity index (χ3v) is 4.72. The van der Waals surface area contributed by atoms with Crippen LogP contribution in [-0.2, 0) is 21.2 Å². The van der Waals surface area contributed by atoms with E-state index in [1.165, 1.54) is 0 Å². The van der Waals surface area contributed by atoms with Crippen molar-refractivity contribution in [1.82, 2.24) is 5.32 Å². The summed E-state index contributed by atoms with van der Waals surface area (Å²) in [5.74, 6) is 0. The van der Waals surface area contributed by atoms with Gasteiger partial charge >= 0.3 is 0 Å². The zero-order valence-corrected chi connectivity index (χ0v) is 13.4. The van der Waals surface area contributed by atoms with Crippen LogP contribution in [0.2, 0.25) is 0 Å². The zero-order valence-electron chi connectivity index (χ0n) is 12.6. The van der Waals surface area contributed by atoms with E-state index in [2.05, 4.69) is 19.2 Å². The molecule has 0 aliphatic carbocycles. The van der Waals surface area contributed by atoms with Gasteiger partial charge in [0.25, 0.3) is 0 Å². The molecule has 1 fully saturated rings. The Bertz CT molecular complexity index is 567. The summed E-state index contributed by atoms with van der Waals surface area (Å²) in [7, 11) is -3.60. The summed E-state index contributed by atoms with van der Waals surface area (Å²) in [6.07, 6.45) is 2.91. The number of ether oxygens (including phenoxy) is 1. The maximum atomic E-state index is 11.2. The molecule has 0 amide bonds. The van der Waals surface area contributed by atoms with Crippen molar-refractivity contribution in [3.8, 4) is 0 Å². The van der Waals surface area contributed by atoms with Crippen LogP contribution < -0.4 is 10.5 Å². The average molecular weight is 312 g/mol. The predicted molar refractivity (Wildman–Crippen MR) is 82.6 cm³/mol. The lowest BCUT2D eigenvalue weighted by atomic mass is 9.94. The number of sulfonamides is 1. The maximum Gasteiger partial charge on any atom is 0.238 e. The molecule has 0 saturated carbocycles. The van der Waals surface area contributed by atoms with E-state index in [1.54, 1.807) is 12.1 Å². The quantitative estimate of drug-likeness (QED) is 0.861. The second-order valence-electron chi connectivity index (χ2n) is 6.19. The van der Waals surface area contributed by atoms with Crippen molar-refractivity contribution in [1.29, 1.82) is 0 Å². The molecule has 1 saturated heterocycles. The molecule has 1 heterocycles. The normalized spacial score (nSPS) is 22.1. The van der Waals surface area contributed by atoms with Gasteiger partial charge in [0, 0.05) is 12.6 Å². The highest BCUT2D eigenvalue weighted by Crippen LogP contribution is 2.23. The van der Waals surface area contributed by atoms with Crippen LogP contribution in [0.5, 0.6) is 0 Å². The lowest BCUT2D eigenvalue weighted by Crippen LogP contribution is -2.44. The highest BCUT2D eigenvalue weighted by atomic mass is 32.2. The first-order chi connectivity index (χ1) is 9.76. The van der Waals surface area contributed by atoms with E-state index >= 15 is 0 Å². The van der Waals surface area contributed by atoms with E-state index < -0.39 is 10.0 Å². The van der Waals surface area contributed by atoms with Gasteiger partial charge in [0.1, 0.15) is 0 Å². The van der Waals surface area contributed by atoms with Gasteiger partial charge in [-0.3, -0.25) is 0 Å². The molecule has 0 radical (unpaired) electrons. The third kappa shape index (κ3) is 5.07. The number of benzene rings is 1. The van der Waals surface area contributed by atoms with Crippen molar-refractivity contribution in [3.63, 3.8) is 0 Å². The van der Waals surface area contributed by atoms with E-state index in [-0.39, 0.29) is 10.5 Å². The van der Waals surface area contributed by atoms with E-state index in [0.29, 0.717) is 6.04 Å². The van der Waals surface area contributed by atoms with Gasteiger partial charge in [-0.15, -0.1) is 0 Å². The minimum absolute atomic E-state index is 0.0486. The summed E-state index contributed by atoms with van der Waals surface area (Å²) in [5, 5.41) is 8.63. The number of primary sulfonamides is 1. The number of nitrogens with two attached hydrogens (primary N) is 1. The molecule has 1 aromatic rings. The SMILES string of the molecule is CC1(C)CC(NCCc2ccc(S(N)(=O)=O)cc2)CCO1. The van der Waals surface area contributed by atoms with Gasteiger partial charge in [-0.25, -0.2) is 13.6 Å². The predicted octanol–water partition coefficient (Wildman–Crippen LogP) is 1.42. The van der Waals surface area contributed by atoms with Crippen LogP contribution in [-0.4, -0.2) is 33.2 Å². The molecule has 3 N–H and O–H groups in total. The minimum Gasteiger partial charge on any atom is -0.375 e. The molecule has 1 unspecified atom stereocenters. The molecule has 2 rings (SSSR count). The fraction of sp³-hybridized carbons (Fsp3) is 0.600. The Labute approximate surface area is 126 Å². The Kier molecular flexibility index (Phi) is 5.03.